The van der Waals surface area contributed by atoms with E-state index in [4.69, 9.17) is 10.5 Å². The van der Waals surface area contributed by atoms with Crippen molar-refractivity contribution >= 4 is 11.6 Å². The Kier molecular flexibility index (Phi) is 4.73. The number of ether oxygens (including phenoxy) is 1. The van der Waals surface area contributed by atoms with Crippen molar-refractivity contribution < 1.29 is 9.53 Å². The largest absolute Gasteiger partial charge is 0.491 e. The van der Waals surface area contributed by atoms with Crippen LogP contribution in [0.5, 0.6) is 5.75 Å². The molecule has 0 radical (unpaired) electrons. The van der Waals surface area contributed by atoms with Crippen LogP contribution in [0.2, 0.25) is 0 Å². The van der Waals surface area contributed by atoms with Crippen molar-refractivity contribution in [2.24, 2.45) is 5.73 Å². The van der Waals surface area contributed by atoms with Crippen LogP contribution in [0.25, 0.3) is 0 Å². The van der Waals surface area contributed by atoms with E-state index in [1.54, 1.807) is 19.1 Å². The number of rotatable bonds is 5. The van der Waals surface area contributed by atoms with Gasteiger partial charge in [0.15, 0.2) is 0 Å². The van der Waals surface area contributed by atoms with Crippen LogP contribution in [0.1, 0.15) is 34.1 Å². The van der Waals surface area contributed by atoms with Crippen molar-refractivity contribution in [3.63, 3.8) is 0 Å². The lowest BCUT2D eigenvalue weighted by atomic mass is 9.99. The summed E-state index contributed by atoms with van der Waals surface area (Å²) in [7, 11) is 0. The molecular weight excluding hydrogens is 228 g/mol. The van der Waals surface area contributed by atoms with Crippen LogP contribution in [0.15, 0.2) is 24.3 Å². The van der Waals surface area contributed by atoms with Gasteiger partial charge in [-0.25, -0.2) is 0 Å². The molecule has 1 aromatic rings. The number of hydrogen-bond donors (Lipinski definition) is 2. The van der Waals surface area contributed by atoms with Crippen molar-refractivity contribution in [2.45, 2.75) is 45.8 Å². The number of benzene rings is 1. The normalized spacial score (nSPS) is 14.1. The van der Waals surface area contributed by atoms with Crippen molar-refractivity contribution in [1.29, 1.82) is 0 Å². The molecule has 1 rings (SSSR count). The maximum absolute atomic E-state index is 11.9. The number of nitrogens with one attached hydrogen (secondary N) is 1. The molecule has 4 nitrogen and oxygen atoms in total. The van der Waals surface area contributed by atoms with Crippen LogP contribution in [0.3, 0.4) is 0 Å². The van der Waals surface area contributed by atoms with Crippen LogP contribution in [-0.4, -0.2) is 17.6 Å². The van der Waals surface area contributed by atoms with Crippen molar-refractivity contribution in [1.82, 2.24) is 0 Å². The molecule has 1 aromatic carbocycles. The summed E-state index contributed by atoms with van der Waals surface area (Å²) in [5.41, 5.74) is 5.75. The molecule has 0 aliphatic rings. The summed E-state index contributed by atoms with van der Waals surface area (Å²) in [5.74, 6) is 0.608. The van der Waals surface area contributed by atoms with E-state index in [9.17, 15) is 4.79 Å². The van der Waals surface area contributed by atoms with Crippen LogP contribution < -0.4 is 15.8 Å². The number of nitrogens with two attached hydrogens (primary N) is 1. The number of carbonyl (C=O) groups is 1. The second kappa shape index (κ2) is 5.87. The Balaban J connectivity index is 2.67. The number of anilines is 1. The Morgan fingerprint density at radius 1 is 1.39 bits per heavy atom. The Labute approximate surface area is 109 Å². The van der Waals surface area contributed by atoms with Gasteiger partial charge >= 0.3 is 0 Å². The fourth-order valence-electron chi connectivity index (χ4n) is 1.32. The van der Waals surface area contributed by atoms with Gasteiger partial charge in [0.2, 0.25) is 5.91 Å². The van der Waals surface area contributed by atoms with E-state index >= 15 is 0 Å². The second-order valence-corrected chi connectivity index (χ2v) is 4.92. The minimum Gasteiger partial charge on any atom is -0.491 e. The van der Waals surface area contributed by atoms with Crippen LogP contribution >= 0.6 is 0 Å². The summed E-state index contributed by atoms with van der Waals surface area (Å²) in [5, 5.41) is 2.79. The fourth-order valence-corrected chi connectivity index (χ4v) is 1.32. The number of amides is 1. The van der Waals surface area contributed by atoms with Gasteiger partial charge in [-0.2, -0.15) is 0 Å². The standard InChI is InChI=1S/C14H22N2O2/c1-5-14(4,15)13(17)16-11-6-8-12(9-7-11)18-10(2)3/h6-10H,5,15H2,1-4H3,(H,16,17). The molecule has 0 aliphatic carbocycles. The summed E-state index contributed by atoms with van der Waals surface area (Å²) in [6.45, 7) is 7.55. The van der Waals surface area contributed by atoms with Gasteiger partial charge in [-0.05, 0) is 51.5 Å². The van der Waals surface area contributed by atoms with Crippen molar-refractivity contribution in [2.75, 3.05) is 5.32 Å². The van der Waals surface area contributed by atoms with Gasteiger partial charge < -0.3 is 15.8 Å². The highest BCUT2D eigenvalue weighted by molar-refractivity contribution is 5.97. The molecule has 0 saturated heterocycles. The summed E-state index contributed by atoms with van der Waals surface area (Å²) in [6, 6.07) is 7.27. The average molecular weight is 250 g/mol. The molecule has 0 aromatic heterocycles. The molecule has 0 fully saturated rings. The topological polar surface area (TPSA) is 64.4 Å². The van der Waals surface area contributed by atoms with Crippen LogP contribution in [0, 0.1) is 0 Å². The fraction of sp³-hybridized carbons (Fsp3) is 0.500. The molecule has 100 valence electrons. The quantitative estimate of drug-likeness (QED) is 0.844. The van der Waals surface area contributed by atoms with Gasteiger partial charge in [0.25, 0.3) is 0 Å². The molecule has 3 N–H and O–H groups in total. The maximum Gasteiger partial charge on any atom is 0.244 e. The molecule has 0 saturated carbocycles. The first-order chi connectivity index (χ1) is 8.35. The zero-order valence-electron chi connectivity index (χ0n) is 11.5. The van der Waals surface area contributed by atoms with E-state index in [1.807, 2.05) is 32.9 Å². The van der Waals surface area contributed by atoms with Gasteiger partial charge in [0.05, 0.1) is 11.6 Å². The Morgan fingerprint density at radius 3 is 2.39 bits per heavy atom. The highest BCUT2D eigenvalue weighted by atomic mass is 16.5. The molecule has 4 heteroatoms. The molecule has 0 bridgehead atoms. The third-order valence-corrected chi connectivity index (χ3v) is 2.74. The summed E-state index contributed by atoms with van der Waals surface area (Å²) in [6.07, 6.45) is 0.728. The predicted molar refractivity (Wildman–Crippen MR) is 73.7 cm³/mol. The maximum atomic E-state index is 11.9. The lowest BCUT2D eigenvalue weighted by Gasteiger charge is -2.21. The zero-order chi connectivity index (χ0) is 13.8. The van der Waals surface area contributed by atoms with Gasteiger partial charge in [0, 0.05) is 5.69 Å². The smallest absolute Gasteiger partial charge is 0.244 e. The Hall–Kier alpha value is -1.55. The van der Waals surface area contributed by atoms with Gasteiger partial charge in [0.1, 0.15) is 5.75 Å². The Morgan fingerprint density at radius 2 is 1.94 bits per heavy atom. The minimum atomic E-state index is -0.840. The van der Waals surface area contributed by atoms with Crippen molar-refractivity contribution in [3.8, 4) is 5.75 Å². The summed E-state index contributed by atoms with van der Waals surface area (Å²) >= 11 is 0. The van der Waals surface area contributed by atoms with Gasteiger partial charge in [-0.1, -0.05) is 6.92 Å². The molecule has 0 aliphatic heterocycles. The summed E-state index contributed by atoms with van der Waals surface area (Å²) < 4.78 is 5.53. The molecule has 0 heterocycles. The van der Waals surface area contributed by atoms with Gasteiger partial charge in [-0.15, -0.1) is 0 Å². The van der Waals surface area contributed by atoms with E-state index in [-0.39, 0.29) is 12.0 Å². The van der Waals surface area contributed by atoms with E-state index in [1.165, 1.54) is 0 Å². The monoisotopic (exact) mass is 250 g/mol. The third kappa shape index (κ3) is 4.04. The van der Waals surface area contributed by atoms with Crippen LogP contribution in [-0.2, 0) is 4.79 Å². The predicted octanol–water partition coefficient (Wildman–Crippen LogP) is 2.54. The first kappa shape index (κ1) is 14.5. The first-order valence-electron chi connectivity index (χ1n) is 6.22. The molecule has 1 amide bonds. The lowest BCUT2D eigenvalue weighted by molar-refractivity contribution is -0.120. The van der Waals surface area contributed by atoms with Gasteiger partial charge in [-0.3, -0.25) is 4.79 Å². The third-order valence-electron chi connectivity index (χ3n) is 2.74. The van der Waals surface area contributed by atoms with E-state index in [0.717, 1.165) is 11.4 Å². The van der Waals surface area contributed by atoms with E-state index < -0.39 is 5.54 Å². The summed E-state index contributed by atoms with van der Waals surface area (Å²) in [4.78, 5) is 11.9. The zero-order valence-corrected chi connectivity index (χ0v) is 11.5. The number of carbonyl (C=O) groups excluding carboxylic acids is 1. The lowest BCUT2D eigenvalue weighted by Crippen LogP contribution is -2.47. The molecular formula is C14H22N2O2. The highest BCUT2D eigenvalue weighted by Crippen LogP contribution is 2.18. The SMILES string of the molecule is CCC(C)(N)C(=O)Nc1ccc(OC(C)C)cc1. The average Bonchev–Trinajstić information content (AvgIpc) is 2.31. The van der Waals surface area contributed by atoms with E-state index in [0.29, 0.717) is 6.42 Å². The molecule has 0 spiro atoms. The molecule has 18 heavy (non-hydrogen) atoms. The second-order valence-electron chi connectivity index (χ2n) is 4.92. The molecule has 1 atom stereocenters. The van der Waals surface area contributed by atoms with Crippen molar-refractivity contribution in [3.05, 3.63) is 24.3 Å². The molecule has 1 unspecified atom stereocenters. The highest BCUT2D eigenvalue weighted by Gasteiger charge is 2.25. The first-order valence-corrected chi connectivity index (χ1v) is 6.22. The van der Waals surface area contributed by atoms with Crippen LogP contribution in [0.4, 0.5) is 5.69 Å². The number of hydrogen-bond acceptors (Lipinski definition) is 3. The minimum absolute atomic E-state index is 0.137. The Bertz CT molecular complexity index is 397. The van der Waals surface area contributed by atoms with E-state index in [2.05, 4.69) is 5.32 Å².